The number of hydrogen-bond acceptors (Lipinski definition) is 5. The molecule has 0 spiro atoms. The quantitative estimate of drug-likeness (QED) is 0.124. The van der Waals surface area contributed by atoms with E-state index in [2.05, 4.69) is 113 Å². The molecular weight excluding hydrogens is 614 g/mol. The number of alkyl halides is 3. The molecule has 0 saturated heterocycles. The SMILES string of the molecule is CCCCCCc1cc(N(c2ccc(C(C)(C)C)cc2)c2ccc(C(C)(C)C)cc2)sc1-c1ccnc(C(=N)C=C(N)C(F)(F)F)c1. The van der Waals surface area contributed by atoms with Crippen LogP contribution in [0.15, 0.2) is 84.7 Å². The van der Waals surface area contributed by atoms with E-state index < -0.39 is 11.9 Å². The number of halogens is 3. The third-order valence-corrected chi connectivity index (χ3v) is 9.44. The minimum absolute atomic E-state index is 0.0200. The summed E-state index contributed by atoms with van der Waals surface area (Å²) in [6, 6.07) is 23.2. The summed E-state index contributed by atoms with van der Waals surface area (Å²) in [6.07, 6.45) is 2.75. The van der Waals surface area contributed by atoms with Crippen LogP contribution in [-0.4, -0.2) is 16.9 Å². The van der Waals surface area contributed by atoms with Gasteiger partial charge in [0.2, 0.25) is 0 Å². The normalized spacial score (nSPS) is 12.8. The van der Waals surface area contributed by atoms with Gasteiger partial charge in [-0.3, -0.25) is 10.4 Å². The Morgan fingerprint density at radius 1 is 0.830 bits per heavy atom. The number of nitrogens with one attached hydrogen (secondary N) is 1. The van der Waals surface area contributed by atoms with Crippen LogP contribution in [0.3, 0.4) is 0 Å². The van der Waals surface area contributed by atoms with Crippen LogP contribution in [0.2, 0.25) is 0 Å². The van der Waals surface area contributed by atoms with Gasteiger partial charge in [-0.15, -0.1) is 11.3 Å². The van der Waals surface area contributed by atoms with Gasteiger partial charge in [-0.05, 0) is 94.5 Å². The highest BCUT2D eigenvalue weighted by Crippen LogP contribution is 2.45. The molecule has 8 heteroatoms. The number of pyridine rings is 1. The number of aryl methyl sites for hydroxylation is 1. The Labute approximate surface area is 282 Å². The molecule has 0 fully saturated rings. The number of anilines is 3. The van der Waals surface area contributed by atoms with Gasteiger partial charge in [0, 0.05) is 22.4 Å². The number of benzene rings is 2. The number of rotatable bonds is 11. The lowest BCUT2D eigenvalue weighted by Gasteiger charge is -2.27. The highest BCUT2D eigenvalue weighted by molar-refractivity contribution is 7.19. The van der Waals surface area contributed by atoms with Gasteiger partial charge in [-0.1, -0.05) is 92.0 Å². The molecule has 0 unspecified atom stereocenters. The third kappa shape index (κ3) is 9.13. The molecule has 0 aliphatic rings. The molecule has 0 atom stereocenters. The van der Waals surface area contributed by atoms with Crippen molar-refractivity contribution < 1.29 is 13.2 Å². The zero-order valence-corrected chi connectivity index (χ0v) is 29.4. The molecule has 47 heavy (non-hydrogen) atoms. The van der Waals surface area contributed by atoms with Crippen molar-refractivity contribution in [2.45, 2.75) is 97.6 Å². The van der Waals surface area contributed by atoms with E-state index in [0.29, 0.717) is 6.08 Å². The zero-order chi connectivity index (χ0) is 34.6. The Bertz CT molecular complexity index is 1630. The van der Waals surface area contributed by atoms with Crippen LogP contribution < -0.4 is 10.6 Å². The number of nitrogens with two attached hydrogens (primary N) is 1. The second-order valence-corrected chi connectivity index (χ2v) is 15.2. The second kappa shape index (κ2) is 14.5. The van der Waals surface area contributed by atoms with Crippen LogP contribution in [0.1, 0.15) is 96.5 Å². The van der Waals surface area contributed by atoms with Crippen molar-refractivity contribution in [3.8, 4) is 10.4 Å². The molecule has 0 amide bonds. The molecule has 0 aliphatic heterocycles. The van der Waals surface area contributed by atoms with Crippen LogP contribution in [0.25, 0.3) is 10.4 Å². The van der Waals surface area contributed by atoms with E-state index in [1.807, 2.05) is 6.07 Å². The summed E-state index contributed by atoms with van der Waals surface area (Å²) in [5.74, 6) is 0. The smallest absolute Gasteiger partial charge is 0.395 e. The van der Waals surface area contributed by atoms with Crippen LogP contribution in [0.4, 0.5) is 29.5 Å². The number of unbranched alkanes of at least 4 members (excludes halogenated alkanes) is 3. The first-order chi connectivity index (χ1) is 22.0. The first-order valence-electron chi connectivity index (χ1n) is 16.2. The predicted octanol–water partition coefficient (Wildman–Crippen LogP) is 11.8. The summed E-state index contributed by atoms with van der Waals surface area (Å²) in [6.45, 7) is 15.4. The molecule has 4 rings (SSSR count). The van der Waals surface area contributed by atoms with Crippen LogP contribution in [0.5, 0.6) is 0 Å². The van der Waals surface area contributed by atoms with E-state index in [1.165, 1.54) is 11.1 Å². The molecule has 4 aromatic rings. The Hall–Kier alpha value is -3.91. The van der Waals surface area contributed by atoms with E-state index in [-0.39, 0.29) is 22.2 Å². The lowest BCUT2D eigenvalue weighted by Crippen LogP contribution is -2.20. The molecule has 250 valence electrons. The standard InChI is InChI=1S/C39H47F3N4S/c1-8-9-10-11-12-26-24-35(47-36(26)27-21-22-45-33(23-27)32(43)25-34(44)39(40,41)42)46(30-17-13-28(14-18-30)37(2,3)4)31-19-15-29(16-20-31)38(5,6)7/h13-25,43H,8-12,44H2,1-7H3. The first-order valence-corrected chi connectivity index (χ1v) is 17.0. The molecular formula is C39H47F3N4S. The average Bonchev–Trinajstić information content (AvgIpc) is 3.42. The molecule has 4 nitrogen and oxygen atoms in total. The average molecular weight is 661 g/mol. The predicted molar refractivity (Wildman–Crippen MR) is 193 cm³/mol. The van der Waals surface area contributed by atoms with Gasteiger partial charge < -0.3 is 10.6 Å². The summed E-state index contributed by atoms with van der Waals surface area (Å²) in [4.78, 5) is 7.51. The number of nitrogens with zero attached hydrogens (tertiary/aromatic N) is 2. The van der Waals surface area contributed by atoms with Gasteiger partial charge >= 0.3 is 6.18 Å². The Morgan fingerprint density at radius 2 is 1.38 bits per heavy atom. The Kier molecular flexibility index (Phi) is 11.1. The minimum atomic E-state index is -4.71. The highest BCUT2D eigenvalue weighted by Gasteiger charge is 2.32. The first kappa shape index (κ1) is 35.9. The van der Waals surface area contributed by atoms with E-state index in [4.69, 9.17) is 11.1 Å². The summed E-state index contributed by atoms with van der Waals surface area (Å²) >= 11 is 1.64. The van der Waals surface area contributed by atoms with E-state index in [9.17, 15) is 13.2 Å². The van der Waals surface area contributed by atoms with Crippen LogP contribution in [0, 0.1) is 5.41 Å². The molecule has 3 N–H and O–H groups in total. The second-order valence-electron chi connectivity index (χ2n) is 14.1. The maximum Gasteiger partial charge on any atom is 0.430 e. The van der Waals surface area contributed by atoms with Gasteiger partial charge in [0.1, 0.15) is 10.7 Å². The fourth-order valence-electron chi connectivity index (χ4n) is 5.35. The zero-order valence-electron chi connectivity index (χ0n) is 28.6. The maximum absolute atomic E-state index is 13.1. The summed E-state index contributed by atoms with van der Waals surface area (Å²) in [5, 5.41) is 9.34. The van der Waals surface area contributed by atoms with Crippen LogP contribution in [-0.2, 0) is 17.3 Å². The van der Waals surface area contributed by atoms with Crippen molar-refractivity contribution >= 4 is 33.4 Å². The fraction of sp³-hybridized carbons (Fsp3) is 0.385. The fourth-order valence-corrected chi connectivity index (χ4v) is 6.60. The molecule has 2 aromatic heterocycles. The van der Waals surface area contributed by atoms with Crippen LogP contribution >= 0.6 is 11.3 Å². The molecule has 0 radical (unpaired) electrons. The largest absolute Gasteiger partial charge is 0.430 e. The van der Waals surface area contributed by atoms with Crippen molar-refractivity contribution in [2.24, 2.45) is 5.73 Å². The Balaban J connectivity index is 1.85. The lowest BCUT2D eigenvalue weighted by molar-refractivity contribution is -0.0925. The van der Waals surface area contributed by atoms with E-state index in [1.54, 1.807) is 23.6 Å². The number of allylic oxidation sites excluding steroid dienone is 2. The van der Waals surface area contributed by atoms with Crippen molar-refractivity contribution in [3.05, 3.63) is 107 Å². The van der Waals surface area contributed by atoms with Gasteiger partial charge in [0.15, 0.2) is 0 Å². The van der Waals surface area contributed by atoms with Crippen molar-refractivity contribution in [1.82, 2.24) is 4.98 Å². The molecule has 2 aromatic carbocycles. The maximum atomic E-state index is 13.1. The number of thiophene rings is 1. The Morgan fingerprint density at radius 3 is 1.87 bits per heavy atom. The minimum Gasteiger partial charge on any atom is -0.395 e. The highest BCUT2D eigenvalue weighted by atomic mass is 32.1. The molecule has 0 aliphatic carbocycles. The summed E-state index contributed by atoms with van der Waals surface area (Å²) in [5.41, 5.74) is 10.2. The summed E-state index contributed by atoms with van der Waals surface area (Å²) < 4.78 is 39.3. The van der Waals surface area contributed by atoms with Crippen molar-refractivity contribution in [1.29, 1.82) is 5.41 Å². The van der Waals surface area contributed by atoms with Gasteiger partial charge in [0.25, 0.3) is 0 Å². The number of aromatic nitrogens is 1. The topological polar surface area (TPSA) is 66.0 Å². The molecule has 0 saturated carbocycles. The monoisotopic (exact) mass is 660 g/mol. The van der Waals surface area contributed by atoms with Gasteiger partial charge in [-0.2, -0.15) is 13.2 Å². The molecule has 0 bridgehead atoms. The number of hydrogen-bond donors (Lipinski definition) is 2. The lowest BCUT2D eigenvalue weighted by atomic mass is 9.87. The van der Waals surface area contributed by atoms with Crippen molar-refractivity contribution in [3.63, 3.8) is 0 Å². The summed E-state index contributed by atoms with van der Waals surface area (Å²) in [7, 11) is 0. The third-order valence-electron chi connectivity index (χ3n) is 8.22. The van der Waals surface area contributed by atoms with E-state index >= 15 is 0 Å². The van der Waals surface area contributed by atoms with Crippen molar-refractivity contribution in [2.75, 3.05) is 4.90 Å². The van der Waals surface area contributed by atoms with Gasteiger partial charge in [-0.25, -0.2) is 0 Å². The van der Waals surface area contributed by atoms with Gasteiger partial charge in [0.05, 0.1) is 11.4 Å². The van der Waals surface area contributed by atoms with E-state index in [0.717, 1.165) is 64.5 Å². The molecule has 2 heterocycles.